The molecule has 2 unspecified atom stereocenters. The van der Waals surface area contributed by atoms with Crippen LogP contribution in [0.3, 0.4) is 0 Å². The zero-order valence-electron chi connectivity index (χ0n) is 11.5. The van der Waals surface area contributed by atoms with Crippen LogP contribution in [-0.4, -0.2) is 46.2 Å². The largest absolute Gasteiger partial charge is 0.479 e. The molecule has 1 amide bonds. The van der Waals surface area contributed by atoms with Crippen molar-refractivity contribution in [2.45, 2.75) is 30.6 Å². The SMILES string of the molecule is Cn1cc(C(NC(=O)C2CCCCS2(=O)=O)C(=O)O)cn1. The molecule has 1 fully saturated rings. The molecule has 1 aliphatic heterocycles. The molecule has 1 aliphatic rings. The van der Waals surface area contributed by atoms with Gasteiger partial charge in [-0.25, -0.2) is 13.2 Å². The number of carbonyl (C=O) groups is 2. The third-order valence-corrected chi connectivity index (χ3v) is 5.64. The summed E-state index contributed by atoms with van der Waals surface area (Å²) in [5.74, 6) is -2.05. The van der Waals surface area contributed by atoms with Gasteiger partial charge in [0.15, 0.2) is 15.9 Å². The predicted octanol–water partition coefficient (Wildman–Crippen LogP) is -0.371. The number of nitrogens with one attached hydrogen (secondary N) is 1. The van der Waals surface area contributed by atoms with Crippen molar-refractivity contribution in [3.63, 3.8) is 0 Å². The number of hydrogen-bond donors (Lipinski definition) is 2. The molecule has 0 spiro atoms. The average Bonchev–Trinajstić information content (AvgIpc) is 2.81. The van der Waals surface area contributed by atoms with E-state index in [2.05, 4.69) is 10.4 Å². The van der Waals surface area contributed by atoms with E-state index in [1.54, 1.807) is 7.05 Å². The summed E-state index contributed by atoms with van der Waals surface area (Å²) in [5, 5.41) is 14.2. The number of rotatable bonds is 4. The summed E-state index contributed by atoms with van der Waals surface area (Å²) in [6.45, 7) is 0. The maximum atomic E-state index is 12.1. The molecule has 2 heterocycles. The third kappa shape index (κ3) is 3.41. The van der Waals surface area contributed by atoms with Crippen LogP contribution in [0.1, 0.15) is 30.9 Å². The summed E-state index contributed by atoms with van der Waals surface area (Å²) < 4.78 is 25.2. The molecule has 116 valence electrons. The van der Waals surface area contributed by atoms with Crippen LogP contribution < -0.4 is 5.32 Å². The molecule has 0 radical (unpaired) electrons. The van der Waals surface area contributed by atoms with Crippen LogP contribution in [-0.2, 0) is 26.5 Å². The minimum Gasteiger partial charge on any atom is -0.479 e. The van der Waals surface area contributed by atoms with Gasteiger partial charge in [0.05, 0.1) is 11.9 Å². The number of aliphatic carboxylic acids is 1. The lowest BCUT2D eigenvalue weighted by molar-refractivity contribution is -0.142. The number of aryl methyl sites for hydroxylation is 1. The van der Waals surface area contributed by atoms with Gasteiger partial charge in [0, 0.05) is 18.8 Å². The van der Waals surface area contributed by atoms with Gasteiger partial charge in [-0.15, -0.1) is 0 Å². The zero-order chi connectivity index (χ0) is 15.6. The Morgan fingerprint density at radius 2 is 2.19 bits per heavy atom. The summed E-state index contributed by atoms with van der Waals surface area (Å²) in [5.41, 5.74) is 0.298. The van der Waals surface area contributed by atoms with Crippen molar-refractivity contribution in [3.8, 4) is 0 Å². The first-order valence-corrected chi connectivity index (χ1v) is 8.26. The van der Waals surface area contributed by atoms with Crippen LogP contribution in [0.2, 0.25) is 0 Å². The fourth-order valence-electron chi connectivity index (χ4n) is 2.36. The molecule has 0 aliphatic carbocycles. The topological polar surface area (TPSA) is 118 Å². The standard InChI is InChI=1S/C12H17N3O5S/c1-15-7-8(6-13-15)10(12(17)18)14-11(16)9-4-2-3-5-21(9,19)20/h6-7,9-10H,2-5H2,1H3,(H,14,16)(H,17,18). The minimum absolute atomic E-state index is 0.0320. The molecule has 8 nitrogen and oxygen atoms in total. The number of carboxylic acid groups (broad SMARTS) is 1. The number of hydrogen-bond acceptors (Lipinski definition) is 5. The van der Waals surface area contributed by atoms with E-state index in [-0.39, 0.29) is 12.2 Å². The van der Waals surface area contributed by atoms with Gasteiger partial charge in [-0.05, 0) is 12.8 Å². The second kappa shape index (κ2) is 5.84. The van der Waals surface area contributed by atoms with Crippen LogP contribution in [0, 0.1) is 0 Å². The van der Waals surface area contributed by atoms with Crippen LogP contribution >= 0.6 is 0 Å². The smallest absolute Gasteiger partial charge is 0.331 e. The monoisotopic (exact) mass is 315 g/mol. The molecule has 0 aromatic carbocycles. The van der Waals surface area contributed by atoms with Gasteiger partial charge in [-0.2, -0.15) is 5.10 Å². The second-order valence-corrected chi connectivity index (χ2v) is 7.38. The first-order chi connectivity index (χ1) is 9.81. The van der Waals surface area contributed by atoms with Crippen LogP contribution in [0.15, 0.2) is 12.4 Å². The number of carboxylic acids is 1. The van der Waals surface area contributed by atoms with E-state index in [9.17, 15) is 23.1 Å². The van der Waals surface area contributed by atoms with E-state index in [0.717, 1.165) is 0 Å². The molecular formula is C12H17N3O5S. The zero-order valence-corrected chi connectivity index (χ0v) is 12.3. The van der Waals surface area contributed by atoms with Gasteiger partial charge in [0.2, 0.25) is 5.91 Å². The van der Waals surface area contributed by atoms with E-state index in [1.165, 1.54) is 17.1 Å². The van der Waals surface area contributed by atoms with Crippen molar-refractivity contribution >= 4 is 21.7 Å². The van der Waals surface area contributed by atoms with Crippen molar-refractivity contribution in [1.29, 1.82) is 0 Å². The highest BCUT2D eigenvalue weighted by molar-refractivity contribution is 7.92. The van der Waals surface area contributed by atoms with E-state index in [4.69, 9.17) is 0 Å². The maximum Gasteiger partial charge on any atom is 0.331 e. The van der Waals surface area contributed by atoms with Crippen molar-refractivity contribution in [2.24, 2.45) is 7.05 Å². The molecule has 21 heavy (non-hydrogen) atoms. The van der Waals surface area contributed by atoms with Crippen molar-refractivity contribution in [1.82, 2.24) is 15.1 Å². The van der Waals surface area contributed by atoms with E-state index in [0.29, 0.717) is 18.4 Å². The Labute approximate surface area is 122 Å². The van der Waals surface area contributed by atoms with E-state index >= 15 is 0 Å². The fourth-order valence-corrected chi connectivity index (χ4v) is 4.17. The van der Waals surface area contributed by atoms with Gasteiger partial charge in [0.25, 0.3) is 0 Å². The first kappa shape index (κ1) is 15.5. The lowest BCUT2D eigenvalue weighted by atomic mass is 10.1. The summed E-state index contributed by atoms with van der Waals surface area (Å²) in [6, 6.07) is -1.30. The summed E-state index contributed by atoms with van der Waals surface area (Å²) in [4.78, 5) is 23.4. The highest BCUT2D eigenvalue weighted by atomic mass is 32.2. The summed E-state index contributed by atoms with van der Waals surface area (Å²) in [7, 11) is -1.88. The summed E-state index contributed by atoms with van der Waals surface area (Å²) >= 11 is 0. The number of amides is 1. The van der Waals surface area contributed by atoms with Crippen molar-refractivity contribution in [3.05, 3.63) is 18.0 Å². The minimum atomic E-state index is -3.50. The third-order valence-electron chi connectivity index (χ3n) is 3.46. The number of nitrogens with zero attached hydrogens (tertiary/aromatic N) is 2. The molecule has 1 aromatic rings. The van der Waals surface area contributed by atoms with Gasteiger partial charge in [0.1, 0.15) is 5.25 Å². The number of sulfone groups is 1. The predicted molar refractivity (Wildman–Crippen MR) is 73.2 cm³/mol. The maximum absolute atomic E-state index is 12.1. The molecule has 9 heteroatoms. The number of carbonyl (C=O) groups excluding carboxylic acids is 1. The highest BCUT2D eigenvalue weighted by Gasteiger charge is 2.37. The molecule has 2 N–H and O–H groups in total. The van der Waals surface area contributed by atoms with Crippen LogP contribution in [0.25, 0.3) is 0 Å². The second-order valence-electron chi connectivity index (χ2n) is 5.08. The Bertz CT molecular complexity index is 652. The van der Waals surface area contributed by atoms with Crippen LogP contribution in [0.4, 0.5) is 0 Å². The van der Waals surface area contributed by atoms with Crippen LogP contribution in [0.5, 0.6) is 0 Å². The molecule has 1 saturated heterocycles. The van der Waals surface area contributed by atoms with Crippen molar-refractivity contribution < 1.29 is 23.1 Å². The van der Waals surface area contributed by atoms with E-state index in [1.807, 2.05) is 0 Å². The van der Waals surface area contributed by atoms with Gasteiger partial charge in [-0.1, -0.05) is 6.42 Å². The molecular weight excluding hydrogens is 298 g/mol. The molecule has 2 atom stereocenters. The normalized spacial score (nSPS) is 22.4. The molecule has 2 rings (SSSR count). The fraction of sp³-hybridized carbons (Fsp3) is 0.583. The van der Waals surface area contributed by atoms with Crippen molar-refractivity contribution in [2.75, 3.05) is 5.75 Å². The highest BCUT2D eigenvalue weighted by Crippen LogP contribution is 2.21. The Morgan fingerprint density at radius 1 is 1.48 bits per heavy atom. The molecule has 1 aromatic heterocycles. The van der Waals surface area contributed by atoms with Gasteiger partial charge >= 0.3 is 5.97 Å². The average molecular weight is 315 g/mol. The molecule has 0 saturated carbocycles. The Hall–Kier alpha value is -1.90. The Balaban J connectivity index is 2.17. The summed E-state index contributed by atoms with van der Waals surface area (Å²) in [6.07, 6.45) is 4.20. The Kier molecular flexibility index (Phi) is 4.31. The lowest BCUT2D eigenvalue weighted by Gasteiger charge is -2.23. The first-order valence-electron chi connectivity index (χ1n) is 6.54. The number of aromatic nitrogens is 2. The Morgan fingerprint density at radius 3 is 2.71 bits per heavy atom. The lowest BCUT2D eigenvalue weighted by Crippen LogP contribution is -2.45. The van der Waals surface area contributed by atoms with Gasteiger partial charge in [-0.3, -0.25) is 9.48 Å². The van der Waals surface area contributed by atoms with Gasteiger partial charge < -0.3 is 10.4 Å². The molecule has 0 bridgehead atoms. The quantitative estimate of drug-likeness (QED) is 0.782. The van der Waals surface area contributed by atoms with E-state index < -0.39 is 33.0 Å².